The summed E-state index contributed by atoms with van der Waals surface area (Å²) in [5.74, 6) is -1.10. The molecule has 3 nitrogen and oxygen atoms in total. The Labute approximate surface area is 100 Å². The van der Waals surface area contributed by atoms with Crippen LogP contribution in [0.5, 0.6) is 0 Å². The molecular formula is C9H7Cl2F2NO2. The minimum atomic E-state index is -2.85. The molecule has 0 saturated heterocycles. The Hall–Kier alpha value is -0.940. The van der Waals surface area contributed by atoms with E-state index in [4.69, 9.17) is 23.2 Å². The minimum absolute atomic E-state index is 0.0491. The summed E-state index contributed by atoms with van der Waals surface area (Å²) in [6, 6.07) is 0. The molecule has 0 radical (unpaired) electrons. The first-order valence-electron chi connectivity index (χ1n) is 4.12. The molecule has 1 rings (SSSR count). The van der Waals surface area contributed by atoms with Gasteiger partial charge in [0.15, 0.2) is 0 Å². The summed E-state index contributed by atoms with van der Waals surface area (Å²) in [5.41, 5.74) is -0.799. The Morgan fingerprint density at radius 1 is 1.62 bits per heavy atom. The van der Waals surface area contributed by atoms with E-state index in [1.54, 1.807) is 0 Å². The maximum atomic E-state index is 12.6. The van der Waals surface area contributed by atoms with Crippen LogP contribution in [0.4, 0.5) is 8.78 Å². The number of carbonyl (C=O) groups excluding carboxylic acids is 1. The number of nitrogens with zero attached hydrogens (tertiary/aromatic N) is 1. The Kier molecular flexibility index (Phi) is 4.44. The van der Waals surface area contributed by atoms with Gasteiger partial charge in [0, 0.05) is 11.8 Å². The molecule has 0 aliphatic heterocycles. The number of hydrogen-bond acceptors (Lipinski definition) is 3. The van der Waals surface area contributed by atoms with E-state index in [2.05, 4.69) is 9.72 Å². The average Bonchev–Trinajstić information content (AvgIpc) is 2.27. The SMILES string of the molecule is COC(=O)c1c(C(F)F)cnc(Cl)c1CCl. The van der Waals surface area contributed by atoms with Crippen molar-refractivity contribution in [2.45, 2.75) is 12.3 Å². The molecule has 0 saturated carbocycles. The van der Waals surface area contributed by atoms with Crippen molar-refractivity contribution in [2.24, 2.45) is 0 Å². The van der Waals surface area contributed by atoms with Gasteiger partial charge < -0.3 is 4.74 Å². The van der Waals surface area contributed by atoms with Crippen LogP contribution in [-0.4, -0.2) is 18.1 Å². The first-order chi connectivity index (χ1) is 7.52. The monoisotopic (exact) mass is 269 g/mol. The van der Waals surface area contributed by atoms with Crippen molar-refractivity contribution < 1.29 is 18.3 Å². The quantitative estimate of drug-likeness (QED) is 0.481. The Balaban J connectivity index is 3.47. The van der Waals surface area contributed by atoms with Gasteiger partial charge in [-0.3, -0.25) is 0 Å². The molecule has 0 bridgehead atoms. The van der Waals surface area contributed by atoms with Gasteiger partial charge in [-0.15, -0.1) is 11.6 Å². The fourth-order valence-corrected chi connectivity index (χ4v) is 1.72. The number of methoxy groups -OCH3 is 1. The van der Waals surface area contributed by atoms with Crippen molar-refractivity contribution in [1.29, 1.82) is 0 Å². The number of halogens is 4. The second-order valence-corrected chi connectivity index (χ2v) is 3.41. The number of alkyl halides is 3. The van der Waals surface area contributed by atoms with Crippen LogP contribution in [0, 0.1) is 0 Å². The third kappa shape index (κ3) is 2.41. The molecule has 1 aromatic rings. The Bertz CT molecular complexity index is 413. The van der Waals surface area contributed by atoms with Crippen LogP contribution in [-0.2, 0) is 10.6 Å². The molecule has 0 unspecified atom stereocenters. The van der Waals surface area contributed by atoms with Crippen molar-refractivity contribution in [2.75, 3.05) is 7.11 Å². The van der Waals surface area contributed by atoms with Crippen molar-refractivity contribution in [3.8, 4) is 0 Å². The molecule has 7 heteroatoms. The number of carbonyl (C=O) groups is 1. The molecular weight excluding hydrogens is 263 g/mol. The van der Waals surface area contributed by atoms with Gasteiger partial charge in [-0.05, 0) is 0 Å². The predicted octanol–water partition coefficient (Wildman–Crippen LogP) is 3.20. The van der Waals surface area contributed by atoms with E-state index in [0.717, 1.165) is 13.3 Å². The molecule has 0 fully saturated rings. The highest BCUT2D eigenvalue weighted by atomic mass is 35.5. The van der Waals surface area contributed by atoms with E-state index in [0.29, 0.717) is 0 Å². The maximum Gasteiger partial charge on any atom is 0.338 e. The summed E-state index contributed by atoms with van der Waals surface area (Å²) in [7, 11) is 1.09. The molecule has 0 spiro atoms. The minimum Gasteiger partial charge on any atom is -0.465 e. The van der Waals surface area contributed by atoms with Crippen molar-refractivity contribution >= 4 is 29.2 Å². The Morgan fingerprint density at radius 3 is 2.69 bits per heavy atom. The molecule has 0 aliphatic rings. The zero-order valence-electron chi connectivity index (χ0n) is 8.14. The number of esters is 1. The zero-order valence-corrected chi connectivity index (χ0v) is 9.65. The van der Waals surface area contributed by atoms with E-state index < -0.39 is 18.0 Å². The summed E-state index contributed by atoms with van der Waals surface area (Å²) in [6.45, 7) is 0. The normalized spacial score (nSPS) is 10.6. The topological polar surface area (TPSA) is 39.2 Å². The summed E-state index contributed by atoms with van der Waals surface area (Å²) in [6.07, 6.45) is -2.00. The molecule has 0 amide bonds. The lowest BCUT2D eigenvalue weighted by Crippen LogP contribution is -2.11. The van der Waals surface area contributed by atoms with Gasteiger partial charge >= 0.3 is 5.97 Å². The van der Waals surface area contributed by atoms with E-state index in [-0.39, 0.29) is 22.2 Å². The average molecular weight is 270 g/mol. The first-order valence-corrected chi connectivity index (χ1v) is 5.03. The number of hydrogen-bond donors (Lipinski definition) is 0. The summed E-state index contributed by atoms with van der Waals surface area (Å²) >= 11 is 11.2. The van der Waals surface area contributed by atoms with Crippen LogP contribution in [0.2, 0.25) is 5.15 Å². The van der Waals surface area contributed by atoms with Gasteiger partial charge in [-0.2, -0.15) is 0 Å². The largest absolute Gasteiger partial charge is 0.465 e. The van der Waals surface area contributed by atoms with Gasteiger partial charge in [-0.25, -0.2) is 18.6 Å². The van der Waals surface area contributed by atoms with Crippen LogP contribution >= 0.6 is 23.2 Å². The summed E-state index contributed by atoms with van der Waals surface area (Å²) in [5, 5.41) is -0.0835. The van der Waals surface area contributed by atoms with Gasteiger partial charge in [0.25, 0.3) is 6.43 Å². The highest BCUT2D eigenvalue weighted by molar-refractivity contribution is 6.31. The number of pyridine rings is 1. The number of rotatable bonds is 3. The maximum absolute atomic E-state index is 12.6. The molecule has 16 heavy (non-hydrogen) atoms. The number of ether oxygens (including phenoxy) is 1. The van der Waals surface area contributed by atoms with E-state index in [1.165, 1.54) is 0 Å². The van der Waals surface area contributed by atoms with Gasteiger partial charge in [0.1, 0.15) is 5.15 Å². The lowest BCUT2D eigenvalue weighted by Gasteiger charge is -2.11. The fraction of sp³-hybridized carbons (Fsp3) is 0.333. The highest BCUT2D eigenvalue weighted by Gasteiger charge is 2.24. The Morgan fingerprint density at radius 2 is 2.25 bits per heavy atom. The lowest BCUT2D eigenvalue weighted by molar-refractivity contribution is 0.0588. The van der Waals surface area contributed by atoms with E-state index >= 15 is 0 Å². The molecule has 88 valence electrons. The first kappa shape index (κ1) is 13.1. The number of aromatic nitrogens is 1. The summed E-state index contributed by atoms with van der Waals surface area (Å²) < 4.78 is 29.7. The second-order valence-electron chi connectivity index (χ2n) is 2.78. The second kappa shape index (κ2) is 5.41. The third-order valence-electron chi connectivity index (χ3n) is 1.91. The van der Waals surface area contributed by atoms with Crippen LogP contribution in [0.25, 0.3) is 0 Å². The predicted molar refractivity (Wildman–Crippen MR) is 55.1 cm³/mol. The molecule has 0 N–H and O–H groups in total. The van der Waals surface area contributed by atoms with Gasteiger partial charge in [-0.1, -0.05) is 11.6 Å². The van der Waals surface area contributed by atoms with E-state index in [9.17, 15) is 13.6 Å². The molecule has 0 aromatic carbocycles. The van der Waals surface area contributed by atoms with E-state index in [1.807, 2.05) is 0 Å². The molecule has 1 aromatic heterocycles. The fourth-order valence-electron chi connectivity index (χ4n) is 1.18. The van der Waals surface area contributed by atoms with Crippen LogP contribution in [0.1, 0.15) is 27.9 Å². The lowest BCUT2D eigenvalue weighted by atomic mass is 10.1. The molecule has 0 atom stereocenters. The summed E-state index contributed by atoms with van der Waals surface area (Å²) in [4.78, 5) is 14.9. The van der Waals surface area contributed by atoms with Gasteiger partial charge in [0.2, 0.25) is 0 Å². The van der Waals surface area contributed by atoms with Crippen LogP contribution < -0.4 is 0 Å². The third-order valence-corrected chi connectivity index (χ3v) is 2.51. The zero-order chi connectivity index (χ0) is 12.3. The highest BCUT2D eigenvalue weighted by Crippen LogP contribution is 2.29. The van der Waals surface area contributed by atoms with Crippen molar-refractivity contribution in [3.63, 3.8) is 0 Å². The van der Waals surface area contributed by atoms with Crippen LogP contribution in [0.3, 0.4) is 0 Å². The van der Waals surface area contributed by atoms with Crippen molar-refractivity contribution in [3.05, 3.63) is 28.0 Å². The van der Waals surface area contributed by atoms with Gasteiger partial charge in [0.05, 0.1) is 24.1 Å². The smallest absolute Gasteiger partial charge is 0.338 e. The van der Waals surface area contributed by atoms with Crippen molar-refractivity contribution in [1.82, 2.24) is 4.98 Å². The molecule has 0 aliphatic carbocycles. The van der Waals surface area contributed by atoms with Crippen LogP contribution in [0.15, 0.2) is 6.20 Å². The molecule has 1 heterocycles. The standard InChI is InChI=1S/C9H7Cl2F2NO2/c1-16-9(15)6-4(2-10)7(11)14-3-5(6)8(12)13/h3,8H,2H2,1H3.